The number of carbonyl (C=O) groups is 1. The maximum atomic E-state index is 12.2. The van der Waals surface area contributed by atoms with E-state index in [1.54, 1.807) is 0 Å². The highest BCUT2D eigenvalue weighted by molar-refractivity contribution is 5.81. The predicted molar refractivity (Wildman–Crippen MR) is 76.8 cm³/mol. The van der Waals surface area contributed by atoms with Gasteiger partial charge in [-0.05, 0) is 25.5 Å². The SMILES string of the molecule is CN1CCN(C(=O)[C@@H](N)CCc2ccccc2)CC1. The number of aryl methyl sites for hydroxylation is 1. The molecule has 19 heavy (non-hydrogen) atoms. The summed E-state index contributed by atoms with van der Waals surface area (Å²) < 4.78 is 0. The topological polar surface area (TPSA) is 49.6 Å². The Morgan fingerprint density at radius 2 is 1.84 bits per heavy atom. The van der Waals surface area contributed by atoms with Crippen LogP contribution in [0.2, 0.25) is 0 Å². The van der Waals surface area contributed by atoms with Crippen LogP contribution in [0.15, 0.2) is 30.3 Å². The lowest BCUT2D eigenvalue weighted by molar-refractivity contribution is -0.134. The zero-order valence-corrected chi connectivity index (χ0v) is 11.6. The fourth-order valence-electron chi connectivity index (χ4n) is 2.35. The molecular weight excluding hydrogens is 238 g/mol. The molecular formula is C15H23N3O. The minimum Gasteiger partial charge on any atom is -0.339 e. The Morgan fingerprint density at radius 3 is 2.47 bits per heavy atom. The van der Waals surface area contributed by atoms with Crippen LogP contribution in [0.5, 0.6) is 0 Å². The average Bonchev–Trinajstić information content (AvgIpc) is 2.46. The molecule has 0 bridgehead atoms. The van der Waals surface area contributed by atoms with E-state index >= 15 is 0 Å². The van der Waals surface area contributed by atoms with Gasteiger partial charge < -0.3 is 15.5 Å². The number of nitrogens with two attached hydrogens (primary N) is 1. The summed E-state index contributed by atoms with van der Waals surface area (Å²) in [6, 6.07) is 9.81. The van der Waals surface area contributed by atoms with Gasteiger partial charge in [-0.3, -0.25) is 4.79 Å². The van der Waals surface area contributed by atoms with Crippen molar-refractivity contribution in [1.82, 2.24) is 9.80 Å². The number of rotatable bonds is 4. The molecule has 1 aliphatic heterocycles. The van der Waals surface area contributed by atoms with Crippen LogP contribution in [0.1, 0.15) is 12.0 Å². The van der Waals surface area contributed by atoms with Gasteiger partial charge in [0.15, 0.2) is 0 Å². The molecule has 1 aromatic carbocycles. The van der Waals surface area contributed by atoms with Crippen molar-refractivity contribution in [3.8, 4) is 0 Å². The zero-order valence-electron chi connectivity index (χ0n) is 11.6. The van der Waals surface area contributed by atoms with Crippen LogP contribution in [0.4, 0.5) is 0 Å². The van der Waals surface area contributed by atoms with Gasteiger partial charge >= 0.3 is 0 Å². The van der Waals surface area contributed by atoms with Crippen molar-refractivity contribution in [1.29, 1.82) is 0 Å². The minimum atomic E-state index is -0.372. The van der Waals surface area contributed by atoms with Gasteiger partial charge in [0.2, 0.25) is 5.91 Å². The molecule has 1 atom stereocenters. The molecule has 4 nitrogen and oxygen atoms in total. The van der Waals surface area contributed by atoms with Crippen molar-refractivity contribution in [3.63, 3.8) is 0 Å². The van der Waals surface area contributed by atoms with E-state index in [4.69, 9.17) is 5.73 Å². The molecule has 0 unspecified atom stereocenters. The molecule has 1 fully saturated rings. The third-order valence-electron chi connectivity index (χ3n) is 3.72. The van der Waals surface area contributed by atoms with Crippen LogP contribution in [0.3, 0.4) is 0 Å². The third-order valence-corrected chi connectivity index (χ3v) is 3.72. The van der Waals surface area contributed by atoms with Gasteiger partial charge in [0.25, 0.3) is 0 Å². The van der Waals surface area contributed by atoms with E-state index in [1.165, 1.54) is 5.56 Å². The largest absolute Gasteiger partial charge is 0.339 e. The average molecular weight is 261 g/mol. The quantitative estimate of drug-likeness (QED) is 0.869. The lowest BCUT2D eigenvalue weighted by Gasteiger charge is -2.33. The molecule has 0 saturated carbocycles. The Kier molecular flexibility index (Phi) is 4.93. The minimum absolute atomic E-state index is 0.101. The van der Waals surface area contributed by atoms with Crippen LogP contribution < -0.4 is 5.73 Å². The van der Waals surface area contributed by atoms with Crippen LogP contribution in [-0.2, 0) is 11.2 Å². The van der Waals surface area contributed by atoms with Gasteiger partial charge in [0, 0.05) is 26.2 Å². The highest BCUT2D eigenvalue weighted by atomic mass is 16.2. The van der Waals surface area contributed by atoms with Crippen molar-refractivity contribution in [3.05, 3.63) is 35.9 Å². The fourth-order valence-corrected chi connectivity index (χ4v) is 2.35. The zero-order chi connectivity index (χ0) is 13.7. The summed E-state index contributed by atoms with van der Waals surface area (Å²) in [4.78, 5) is 16.3. The number of carbonyl (C=O) groups excluding carboxylic acids is 1. The van der Waals surface area contributed by atoms with Crippen molar-refractivity contribution in [2.24, 2.45) is 5.73 Å². The van der Waals surface area contributed by atoms with E-state index in [0.717, 1.165) is 39.0 Å². The predicted octanol–water partition coefficient (Wildman–Crippen LogP) is 0.721. The molecule has 1 heterocycles. The maximum absolute atomic E-state index is 12.2. The highest BCUT2D eigenvalue weighted by Gasteiger charge is 2.23. The molecule has 0 spiro atoms. The number of piperazine rings is 1. The lowest BCUT2D eigenvalue weighted by Crippen LogP contribution is -2.52. The first kappa shape index (κ1) is 14.0. The number of nitrogens with zero attached hydrogens (tertiary/aromatic N) is 2. The first-order chi connectivity index (χ1) is 9.16. The Labute approximate surface area is 115 Å². The Morgan fingerprint density at radius 1 is 1.21 bits per heavy atom. The number of hydrogen-bond donors (Lipinski definition) is 1. The van der Waals surface area contributed by atoms with E-state index < -0.39 is 0 Å². The summed E-state index contributed by atoms with van der Waals surface area (Å²) in [6.45, 7) is 3.48. The Balaban J connectivity index is 1.79. The molecule has 2 rings (SSSR count). The monoisotopic (exact) mass is 261 g/mol. The summed E-state index contributed by atoms with van der Waals surface area (Å²) in [5.74, 6) is 0.101. The molecule has 0 radical (unpaired) electrons. The molecule has 0 aromatic heterocycles. The molecule has 1 amide bonds. The molecule has 1 aliphatic rings. The van der Waals surface area contributed by atoms with Gasteiger partial charge in [-0.25, -0.2) is 0 Å². The number of likely N-dealkylation sites (N-methyl/N-ethyl adjacent to an activating group) is 1. The third kappa shape index (κ3) is 4.04. The van der Waals surface area contributed by atoms with E-state index in [0.29, 0.717) is 0 Å². The van der Waals surface area contributed by atoms with E-state index in [9.17, 15) is 4.79 Å². The van der Waals surface area contributed by atoms with Crippen molar-refractivity contribution in [2.45, 2.75) is 18.9 Å². The summed E-state index contributed by atoms with van der Waals surface area (Å²) in [6.07, 6.45) is 1.58. The maximum Gasteiger partial charge on any atom is 0.239 e. The number of benzene rings is 1. The van der Waals surface area contributed by atoms with Gasteiger partial charge in [-0.15, -0.1) is 0 Å². The molecule has 2 N–H and O–H groups in total. The second-order valence-electron chi connectivity index (χ2n) is 5.26. The van der Waals surface area contributed by atoms with Crippen LogP contribution >= 0.6 is 0 Å². The second kappa shape index (κ2) is 6.68. The van der Waals surface area contributed by atoms with Crippen LogP contribution in [0.25, 0.3) is 0 Å². The smallest absolute Gasteiger partial charge is 0.239 e. The summed E-state index contributed by atoms with van der Waals surface area (Å²) >= 11 is 0. The Hall–Kier alpha value is -1.39. The summed E-state index contributed by atoms with van der Waals surface area (Å²) in [7, 11) is 2.08. The fraction of sp³-hybridized carbons (Fsp3) is 0.533. The van der Waals surface area contributed by atoms with Gasteiger partial charge in [-0.2, -0.15) is 0 Å². The van der Waals surface area contributed by atoms with Crippen LogP contribution in [0, 0.1) is 0 Å². The number of hydrogen-bond acceptors (Lipinski definition) is 3. The van der Waals surface area contributed by atoms with Gasteiger partial charge in [0.1, 0.15) is 0 Å². The van der Waals surface area contributed by atoms with Crippen molar-refractivity contribution in [2.75, 3.05) is 33.2 Å². The van der Waals surface area contributed by atoms with E-state index in [2.05, 4.69) is 24.1 Å². The molecule has 104 valence electrons. The van der Waals surface area contributed by atoms with Gasteiger partial charge in [0.05, 0.1) is 6.04 Å². The lowest BCUT2D eigenvalue weighted by atomic mass is 10.0. The highest BCUT2D eigenvalue weighted by Crippen LogP contribution is 2.07. The molecule has 1 aromatic rings. The second-order valence-corrected chi connectivity index (χ2v) is 5.26. The van der Waals surface area contributed by atoms with E-state index in [-0.39, 0.29) is 11.9 Å². The first-order valence-electron chi connectivity index (χ1n) is 6.93. The standard InChI is InChI=1S/C15H23N3O/c1-17-9-11-18(12-10-17)15(19)14(16)8-7-13-5-3-2-4-6-13/h2-6,14H,7-12,16H2,1H3/t14-/m0/s1. The van der Waals surface area contributed by atoms with Gasteiger partial charge in [-0.1, -0.05) is 30.3 Å². The number of amides is 1. The van der Waals surface area contributed by atoms with Crippen molar-refractivity contribution >= 4 is 5.91 Å². The van der Waals surface area contributed by atoms with E-state index in [1.807, 2.05) is 23.1 Å². The summed E-state index contributed by atoms with van der Waals surface area (Å²) in [5, 5.41) is 0. The first-order valence-corrected chi connectivity index (χ1v) is 6.93. The molecule has 4 heteroatoms. The Bertz CT molecular complexity index is 399. The summed E-state index contributed by atoms with van der Waals surface area (Å²) in [5.41, 5.74) is 7.27. The van der Waals surface area contributed by atoms with Crippen molar-refractivity contribution < 1.29 is 4.79 Å². The molecule has 1 saturated heterocycles. The normalized spacial score (nSPS) is 18.3. The van der Waals surface area contributed by atoms with Crippen LogP contribution in [-0.4, -0.2) is 55.0 Å². The molecule has 0 aliphatic carbocycles.